The van der Waals surface area contributed by atoms with Crippen LogP contribution in [0.1, 0.15) is 75.2 Å². The zero-order valence-corrected chi connectivity index (χ0v) is 19.1. The molecular weight excluding hydrogens is 424 g/mol. The molecule has 8 nitrogen and oxygen atoms in total. The predicted octanol–water partition coefficient (Wildman–Crippen LogP) is 3.16. The monoisotopic (exact) mass is 462 g/mol. The lowest BCUT2D eigenvalue weighted by Gasteiger charge is -2.44. The van der Waals surface area contributed by atoms with E-state index >= 15 is 0 Å². The Morgan fingerprint density at radius 2 is 2.06 bits per heavy atom. The molecule has 1 aromatic carbocycles. The number of rotatable bonds is 8. The summed E-state index contributed by atoms with van der Waals surface area (Å²) in [7, 11) is 2.62. The van der Waals surface area contributed by atoms with Crippen molar-refractivity contribution in [2.75, 3.05) is 32.4 Å². The van der Waals surface area contributed by atoms with Gasteiger partial charge in [-0.05, 0) is 57.1 Å². The van der Waals surface area contributed by atoms with Crippen molar-refractivity contribution in [1.82, 2.24) is 4.68 Å². The molecule has 4 rings (SSSR count). The van der Waals surface area contributed by atoms with Crippen molar-refractivity contribution in [2.24, 2.45) is 0 Å². The molecule has 0 radical (unpaired) electrons. The maximum atomic E-state index is 12.9. The standard InChI is InChI=1S/C25H32N2O6/c1-25(2)8-7-20-18-12-23(33-10-6-5-9-28)16(15-31-3)11-17(18)21-13-22(29)19(24(30)32-4)14-26(21)27(20)25/h11-14,20,28H,5-10,15H2,1-4H3/t20-/m1/s1/i5D2,6D2,10D2. The molecule has 0 bridgehead atoms. The van der Waals surface area contributed by atoms with E-state index in [4.69, 9.17) is 22.4 Å². The Hall–Kier alpha value is -2.84. The van der Waals surface area contributed by atoms with Crippen LogP contribution >= 0.6 is 0 Å². The van der Waals surface area contributed by atoms with E-state index in [0.29, 0.717) is 28.8 Å². The quantitative estimate of drug-likeness (QED) is 0.603. The van der Waals surface area contributed by atoms with Crippen molar-refractivity contribution in [3.8, 4) is 17.0 Å². The molecular formula is C25H32N2O6. The number of hydrogen-bond acceptors (Lipinski definition) is 7. The van der Waals surface area contributed by atoms with Crippen LogP contribution in [-0.2, 0) is 16.1 Å². The molecule has 2 aliphatic rings. The topological polar surface area (TPSA) is 90.2 Å². The third-order valence-corrected chi connectivity index (χ3v) is 6.16. The lowest BCUT2D eigenvalue weighted by Crippen LogP contribution is -2.50. The highest BCUT2D eigenvalue weighted by Gasteiger charge is 2.45. The van der Waals surface area contributed by atoms with E-state index in [2.05, 4.69) is 0 Å². The van der Waals surface area contributed by atoms with Crippen LogP contribution in [0, 0.1) is 0 Å². The Kier molecular flexibility index (Phi) is 4.66. The Labute approximate surface area is 202 Å². The number of aromatic nitrogens is 1. The van der Waals surface area contributed by atoms with Gasteiger partial charge in [0.1, 0.15) is 11.3 Å². The van der Waals surface area contributed by atoms with Gasteiger partial charge in [-0.15, -0.1) is 0 Å². The van der Waals surface area contributed by atoms with Crippen LogP contribution in [0.4, 0.5) is 0 Å². The van der Waals surface area contributed by atoms with Crippen molar-refractivity contribution in [1.29, 1.82) is 0 Å². The van der Waals surface area contributed by atoms with E-state index in [1.807, 2.05) is 18.9 Å². The largest absolute Gasteiger partial charge is 0.493 e. The molecule has 0 amide bonds. The van der Waals surface area contributed by atoms with Crippen molar-refractivity contribution in [3.05, 3.63) is 51.3 Å². The highest BCUT2D eigenvalue weighted by Crippen LogP contribution is 2.49. The van der Waals surface area contributed by atoms with Gasteiger partial charge in [0.05, 0.1) is 40.3 Å². The first-order valence-electron chi connectivity index (χ1n) is 13.6. The fourth-order valence-corrected chi connectivity index (χ4v) is 4.70. The molecule has 1 saturated heterocycles. The lowest BCUT2D eigenvalue weighted by molar-refractivity contribution is 0.0598. The molecule has 33 heavy (non-hydrogen) atoms. The Balaban J connectivity index is 1.94. The molecule has 1 N–H and O–H groups in total. The second-order valence-electron chi connectivity index (χ2n) is 8.63. The number of aliphatic hydroxyl groups excluding tert-OH is 1. The summed E-state index contributed by atoms with van der Waals surface area (Å²) in [5, 5.41) is 11.4. The second-order valence-corrected chi connectivity index (χ2v) is 8.63. The number of hydrogen-bond donors (Lipinski definition) is 1. The molecule has 2 aliphatic heterocycles. The van der Waals surface area contributed by atoms with Gasteiger partial charge in [-0.1, -0.05) is 0 Å². The molecule has 8 heteroatoms. The average molecular weight is 463 g/mol. The molecule has 3 heterocycles. The maximum absolute atomic E-state index is 12.9. The third kappa shape index (κ3) is 4.13. The van der Waals surface area contributed by atoms with Gasteiger partial charge in [-0.25, -0.2) is 4.79 Å². The lowest BCUT2D eigenvalue weighted by atomic mass is 9.92. The van der Waals surface area contributed by atoms with Crippen LogP contribution in [0.25, 0.3) is 11.3 Å². The maximum Gasteiger partial charge on any atom is 0.343 e. The molecule has 0 saturated carbocycles. The summed E-state index contributed by atoms with van der Waals surface area (Å²) in [5.74, 6) is -0.803. The number of methoxy groups -OCH3 is 2. The first kappa shape index (κ1) is 16.7. The Bertz CT molecular complexity index is 1360. The van der Waals surface area contributed by atoms with Crippen molar-refractivity contribution in [3.63, 3.8) is 0 Å². The van der Waals surface area contributed by atoms with Crippen LogP contribution in [0.3, 0.4) is 0 Å². The number of fused-ring (bicyclic) bond motifs is 6. The summed E-state index contributed by atoms with van der Waals surface area (Å²) < 4.78 is 65.9. The van der Waals surface area contributed by atoms with Gasteiger partial charge in [0.15, 0.2) is 5.43 Å². The Morgan fingerprint density at radius 3 is 2.76 bits per heavy atom. The minimum absolute atomic E-state index is 0.0511. The fourth-order valence-electron chi connectivity index (χ4n) is 4.70. The van der Waals surface area contributed by atoms with E-state index in [-0.39, 0.29) is 24.0 Å². The Morgan fingerprint density at radius 1 is 1.27 bits per heavy atom. The number of carbonyl (C=O) groups is 1. The van der Waals surface area contributed by atoms with Gasteiger partial charge < -0.3 is 19.3 Å². The van der Waals surface area contributed by atoms with E-state index in [1.165, 1.54) is 26.5 Å². The van der Waals surface area contributed by atoms with Crippen molar-refractivity contribution in [2.45, 2.75) is 57.6 Å². The summed E-state index contributed by atoms with van der Waals surface area (Å²) in [4.78, 5) is 25.2. The zero-order chi connectivity index (χ0) is 29.1. The van der Waals surface area contributed by atoms with Crippen LogP contribution in [0.5, 0.6) is 5.75 Å². The molecule has 0 spiro atoms. The van der Waals surface area contributed by atoms with Gasteiger partial charge in [-0.3, -0.25) is 14.5 Å². The summed E-state index contributed by atoms with van der Waals surface area (Å²) in [5.41, 5.74) is 1.12. The highest BCUT2D eigenvalue weighted by molar-refractivity contribution is 5.89. The second kappa shape index (κ2) is 9.19. The van der Waals surface area contributed by atoms with Crippen molar-refractivity contribution < 1.29 is 32.3 Å². The minimum Gasteiger partial charge on any atom is -0.493 e. The normalized spacial score (nSPS) is 21.8. The van der Waals surface area contributed by atoms with Crippen molar-refractivity contribution >= 4 is 5.97 Å². The van der Waals surface area contributed by atoms with Gasteiger partial charge in [0.25, 0.3) is 0 Å². The molecule has 178 valence electrons. The van der Waals surface area contributed by atoms with E-state index in [0.717, 1.165) is 6.42 Å². The molecule has 1 atom stereocenters. The van der Waals surface area contributed by atoms with Crippen LogP contribution in [-0.4, -0.2) is 48.7 Å². The summed E-state index contributed by atoms with van der Waals surface area (Å²) in [6.07, 6.45) is -3.25. The van der Waals surface area contributed by atoms with E-state index in [9.17, 15) is 14.7 Å². The molecule has 0 aliphatic carbocycles. The highest BCUT2D eigenvalue weighted by atomic mass is 16.5. The summed E-state index contributed by atoms with van der Waals surface area (Å²) in [6, 6.07) is 4.33. The SMILES string of the molecule is [2H]C([2H])(CO)C([2H])([2H])C([2H])([2H])Oc1cc2c(cc1COC)-c1cc(=O)c(C(=O)OC)cn1N1[C@@H]2CCC1(C)C. The first-order chi connectivity index (χ1) is 18.0. The number of benzene rings is 1. The minimum atomic E-state index is -3.22. The average Bonchev–Trinajstić information content (AvgIpc) is 3.18. The fraction of sp³-hybridized carbons (Fsp3) is 0.520. The summed E-state index contributed by atoms with van der Waals surface area (Å²) in [6.45, 7) is -0.428. The van der Waals surface area contributed by atoms with Gasteiger partial charge in [0, 0.05) is 42.6 Å². The van der Waals surface area contributed by atoms with E-state index < -0.39 is 42.8 Å². The van der Waals surface area contributed by atoms with Crippen LogP contribution in [0.2, 0.25) is 0 Å². The zero-order valence-electron chi connectivity index (χ0n) is 25.1. The van der Waals surface area contributed by atoms with E-state index in [1.54, 1.807) is 16.8 Å². The van der Waals surface area contributed by atoms with Gasteiger partial charge >= 0.3 is 5.97 Å². The van der Waals surface area contributed by atoms with Gasteiger partial charge in [0.2, 0.25) is 0 Å². The number of esters is 1. The van der Waals surface area contributed by atoms with Crippen LogP contribution < -0.4 is 15.2 Å². The number of pyridine rings is 1. The third-order valence-electron chi connectivity index (χ3n) is 6.16. The first-order valence-corrected chi connectivity index (χ1v) is 10.6. The number of carbonyl (C=O) groups excluding carboxylic acids is 1. The predicted molar refractivity (Wildman–Crippen MR) is 124 cm³/mol. The molecule has 1 fully saturated rings. The molecule has 2 aromatic rings. The van der Waals surface area contributed by atoms with Crippen LogP contribution in [0.15, 0.2) is 29.2 Å². The number of ether oxygens (including phenoxy) is 3. The number of nitrogens with zero attached hydrogens (tertiary/aromatic N) is 2. The smallest absolute Gasteiger partial charge is 0.343 e. The molecule has 0 unspecified atom stereocenters. The summed E-state index contributed by atoms with van der Waals surface area (Å²) >= 11 is 0. The molecule has 1 aromatic heterocycles. The van der Waals surface area contributed by atoms with Gasteiger partial charge in [-0.2, -0.15) is 0 Å². The number of aliphatic hydroxyl groups is 1.